The minimum Gasteiger partial charge on any atom is -0.481 e. The largest absolute Gasteiger partial charge is 0.481 e. The van der Waals surface area contributed by atoms with E-state index >= 15 is 0 Å². The molecule has 2 atom stereocenters. The fraction of sp³-hybridized carbons (Fsp3) is 0.263. The molecule has 2 N–H and O–H groups in total. The average molecular weight is 311 g/mol. The Morgan fingerprint density at radius 2 is 1.65 bits per heavy atom. The van der Waals surface area contributed by atoms with Crippen LogP contribution < -0.4 is 5.32 Å². The smallest absolute Gasteiger partial charge is 0.308 e. The Labute approximate surface area is 136 Å². The van der Waals surface area contributed by atoms with Crippen molar-refractivity contribution in [2.24, 2.45) is 5.92 Å². The van der Waals surface area contributed by atoms with Crippen molar-refractivity contribution < 1.29 is 14.7 Å². The molecule has 4 heteroatoms. The van der Waals surface area contributed by atoms with Crippen LogP contribution in [0.5, 0.6) is 0 Å². The van der Waals surface area contributed by atoms with Gasteiger partial charge in [-0.05, 0) is 30.5 Å². The molecule has 0 aromatic heterocycles. The summed E-state index contributed by atoms with van der Waals surface area (Å²) in [5, 5.41) is 12.2. The number of carbonyl (C=O) groups is 2. The lowest BCUT2D eigenvalue weighted by Gasteiger charge is -2.23. The van der Waals surface area contributed by atoms with Gasteiger partial charge in [0.25, 0.3) is 0 Å². The van der Waals surface area contributed by atoms with Gasteiger partial charge in [0.15, 0.2) is 0 Å². The van der Waals surface area contributed by atoms with Gasteiger partial charge in [-0.2, -0.15) is 0 Å². The molecule has 0 aliphatic carbocycles. The highest BCUT2D eigenvalue weighted by Gasteiger charge is 2.26. The first kappa shape index (κ1) is 16.7. The predicted molar refractivity (Wildman–Crippen MR) is 89.0 cm³/mol. The van der Waals surface area contributed by atoms with Crippen molar-refractivity contribution in [2.75, 3.05) is 0 Å². The molecule has 4 nitrogen and oxygen atoms in total. The van der Waals surface area contributed by atoms with Gasteiger partial charge in [-0.15, -0.1) is 0 Å². The van der Waals surface area contributed by atoms with Crippen LogP contribution in [0.4, 0.5) is 0 Å². The zero-order valence-corrected chi connectivity index (χ0v) is 13.3. The Morgan fingerprint density at radius 1 is 1.04 bits per heavy atom. The normalized spacial score (nSPS) is 13.1. The molecule has 0 saturated heterocycles. The van der Waals surface area contributed by atoms with Crippen LogP contribution in [-0.4, -0.2) is 17.0 Å². The van der Waals surface area contributed by atoms with E-state index < -0.39 is 17.9 Å². The molecule has 120 valence electrons. The Morgan fingerprint density at radius 3 is 2.26 bits per heavy atom. The van der Waals surface area contributed by atoms with Gasteiger partial charge in [0.2, 0.25) is 5.91 Å². The maximum atomic E-state index is 12.4. The molecule has 2 unspecified atom stereocenters. The zero-order chi connectivity index (χ0) is 16.8. The van der Waals surface area contributed by atoms with Crippen molar-refractivity contribution in [2.45, 2.75) is 26.3 Å². The van der Waals surface area contributed by atoms with Crippen LogP contribution in [0, 0.1) is 12.8 Å². The molecule has 0 fully saturated rings. The summed E-state index contributed by atoms with van der Waals surface area (Å²) in [5.74, 6) is -1.82. The SMILES string of the molecule is Cc1ccccc1CC(=O)NC(c1ccccc1)C(C)C(=O)O. The molecule has 23 heavy (non-hydrogen) atoms. The Hall–Kier alpha value is -2.62. The Balaban J connectivity index is 2.16. The van der Waals surface area contributed by atoms with Gasteiger partial charge >= 0.3 is 5.97 Å². The van der Waals surface area contributed by atoms with Crippen LogP contribution in [0.1, 0.15) is 29.7 Å². The number of amides is 1. The van der Waals surface area contributed by atoms with Crippen molar-refractivity contribution in [1.29, 1.82) is 0 Å². The molecule has 0 aliphatic heterocycles. The summed E-state index contributed by atoms with van der Waals surface area (Å²) in [6.45, 7) is 3.56. The van der Waals surface area contributed by atoms with Gasteiger partial charge in [0.1, 0.15) is 0 Å². The van der Waals surface area contributed by atoms with Gasteiger partial charge in [-0.3, -0.25) is 9.59 Å². The fourth-order valence-corrected chi connectivity index (χ4v) is 2.51. The third-order valence-corrected chi connectivity index (χ3v) is 3.98. The summed E-state index contributed by atoms with van der Waals surface area (Å²) in [6.07, 6.45) is 0.238. The molecule has 2 aromatic carbocycles. The van der Waals surface area contributed by atoms with Crippen molar-refractivity contribution >= 4 is 11.9 Å². The average Bonchev–Trinajstić information content (AvgIpc) is 2.55. The van der Waals surface area contributed by atoms with E-state index in [0.717, 1.165) is 16.7 Å². The number of benzene rings is 2. The van der Waals surface area contributed by atoms with E-state index in [2.05, 4.69) is 5.32 Å². The van der Waals surface area contributed by atoms with Crippen LogP contribution in [0.2, 0.25) is 0 Å². The minimum absolute atomic E-state index is 0.179. The first-order valence-electron chi connectivity index (χ1n) is 7.60. The monoisotopic (exact) mass is 311 g/mol. The summed E-state index contributed by atoms with van der Waals surface area (Å²) in [7, 11) is 0. The number of hydrogen-bond donors (Lipinski definition) is 2. The molecule has 0 radical (unpaired) electrons. The molecule has 0 saturated carbocycles. The quantitative estimate of drug-likeness (QED) is 0.861. The molecular formula is C19H21NO3. The van der Waals surface area contributed by atoms with E-state index in [4.69, 9.17) is 0 Å². The lowest BCUT2D eigenvalue weighted by atomic mass is 9.94. The van der Waals surface area contributed by atoms with Crippen molar-refractivity contribution in [3.05, 3.63) is 71.3 Å². The third-order valence-electron chi connectivity index (χ3n) is 3.98. The molecule has 1 amide bonds. The maximum absolute atomic E-state index is 12.4. The van der Waals surface area contributed by atoms with Gasteiger partial charge in [-0.25, -0.2) is 0 Å². The first-order valence-corrected chi connectivity index (χ1v) is 7.60. The maximum Gasteiger partial charge on any atom is 0.308 e. The van der Waals surface area contributed by atoms with Crippen LogP contribution in [-0.2, 0) is 16.0 Å². The summed E-state index contributed by atoms with van der Waals surface area (Å²) in [6, 6.07) is 16.3. The number of nitrogens with one attached hydrogen (secondary N) is 1. The molecule has 0 aliphatic rings. The summed E-state index contributed by atoms with van der Waals surface area (Å²) < 4.78 is 0. The van der Waals surface area contributed by atoms with Crippen molar-refractivity contribution in [3.63, 3.8) is 0 Å². The number of aryl methyl sites for hydroxylation is 1. The number of hydrogen-bond acceptors (Lipinski definition) is 2. The van der Waals surface area contributed by atoms with Crippen LogP contribution in [0.25, 0.3) is 0 Å². The molecular weight excluding hydrogens is 290 g/mol. The highest BCUT2D eigenvalue weighted by molar-refractivity contribution is 5.80. The molecule has 0 heterocycles. The van der Waals surface area contributed by atoms with E-state index in [0.29, 0.717) is 0 Å². The van der Waals surface area contributed by atoms with E-state index in [-0.39, 0.29) is 12.3 Å². The minimum atomic E-state index is -0.935. The molecule has 2 aromatic rings. The zero-order valence-electron chi connectivity index (χ0n) is 13.3. The lowest BCUT2D eigenvalue weighted by molar-refractivity contribution is -0.142. The van der Waals surface area contributed by atoms with Gasteiger partial charge in [-0.1, -0.05) is 54.6 Å². The second-order valence-electron chi connectivity index (χ2n) is 5.69. The van der Waals surface area contributed by atoms with Gasteiger partial charge < -0.3 is 10.4 Å². The summed E-state index contributed by atoms with van der Waals surface area (Å²) in [4.78, 5) is 23.7. The van der Waals surface area contributed by atoms with E-state index in [1.54, 1.807) is 6.92 Å². The summed E-state index contributed by atoms with van der Waals surface area (Å²) >= 11 is 0. The standard InChI is InChI=1S/C19H21NO3/c1-13-8-6-7-11-16(13)12-17(21)20-18(14(2)19(22)23)15-9-4-3-5-10-15/h3-11,14,18H,12H2,1-2H3,(H,20,21)(H,22,23). The van der Waals surface area contributed by atoms with Crippen LogP contribution in [0.15, 0.2) is 54.6 Å². The topological polar surface area (TPSA) is 66.4 Å². The number of carboxylic acid groups (broad SMARTS) is 1. The van der Waals surface area contributed by atoms with Crippen LogP contribution in [0.3, 0.4) is 0 Å². The van der Waals surface area contributed by atoms with Crippen molar-refractivity contribution in [3.8, 4) is 0 Å². The number of aliphatic carboxylic acids is 1. The second-order valence-corrected chi connectivity index (χ2v) is 5.69. The highest BCUT2D eigenvalue weighted by Crippen LogP contribution is 2.22. The van der Waals surface area contributed by atoms with E-state index in [9.17, 15) is 14.7 Å². The third kappa shape index (κ3) is 4.42. The van der Waals surface area contributed by atoms with Gasteiger partial charge in [0, 0.05) is 0 Å². The van der Waals surface area contributed by atoms with Crippen molar-refractivity contribution in [1.82, 2.24) is 5.32 Å². The van der Waals surface area contributed by atoms with E-state index in [1.165, 1.54) is 0 Å². The van der Waals surface area contributed by atoms with E-state index in [1.807, 2.05) is 61.5 Å². The molecule has 0 spiro atoms. The fourth-order valence-electron chi connectivity index (χ4n) is 2.51. The summed E-state index contributed by atoms with van der Waals surface area (Å²) in [5.41, 5.74) is 2.78. The van der Waals surface area contributed by atoms with Gasteiger partial charge in [0.05, 0.1) is 18.4 Å². The Kier molecular flexibility index (Phi) is 5.52. The molecule has 2 rings (SSSR count). The predicted octanol–water partition coefficient (Wildman–Crippen LogP) is 3.12. The highest BCUT2D eigenvalue weighted by atomic mass is 16.4. The molecule has 0 bridgehead atoms. The number of carbonyl (C=O) groups excluding carboxylic acids is 1. The Bertz CT molecular complexity index is 682. The number of carboxylic acids is 1. The number of rotatable bonds is 6. The lowest BCUT2D eigenvalue weighted by Crippen LogP contribution is -2.36. The first-order chi connectivity index (χ1) is 11.0. The van der Waals surface area contributed by atoms with Crippen LogP contribution >= 0.6 is 0 Å². The second kappa shape index (κ2) is 7.58.